The largest absolute Gasteiger partial charge is 0.467 e. The number of methoxy groups -OCH3 is 1. The lowest BCUT2D eigenvalue weighted by Gasteiger charge is -2.17. The molecule has 0 bridgehead atoms. The Morgan fingerprint density at radius 1 is 1.00 bits per heavy atom. The average Bonchev–Trinajstić information content (AvgIpc) is 3.64. The van der Waals surface area contributed by atoms with E-state index in [0.29, 0.717) is 32.4 Å². The first-order chi connectivity index (χ1) is 23.2. The fourth-order valence-electron chi connectivity index (χ4n) is 5.49. The van der Waals surface area contributed by atoms with Crippen molar-refractivity contribution in [1.82, 2.24) is 30.2 Å². The minimum absolute atomic E-state index is 0.112. The zero-order valence-corrected chi connectivity index (χ0v) is 26.7. The van der Waals surface area contributed by atoms with Crippen LogP contribution in [0.25, 0.3) is 11.2 Å². The van der Waals surface area contributed by atoms with E-state index in [0.717, 1.165) is 16.7 Å². The summed E-state index contributed by atoms with van der Waals surface area (Å²) in [6.45, 7) is 2.55. The number of nitrogen functional groups attached to an aromatic ring is 1. The molecule has 0 saturated carbocycles. The number of rotatable bonds is 14. The van der Waals surface area contributed by atoms with Crippen molar-refractivity contribution >= 4 is 40.7 Å². The highest BCUT2D eigenvalue weighted by Gasteiger charge is 2.47. The number of ether oxygens (including phenoxy) is 2. The van der Waals surface area contributed by atoms with E-state index in [-0.39, 0.29) is 35.3 Å². The van der Waals surface area contributed by atoms with Crippen molar-refractivity contribution in [2.24, 2.45) is 0 Å². The van der Waals surface area contributed by atoms with Gasteiger partial charge >= 0.3 is 5.97 Å². The minimum Gasteiger partial charge on any atom is -0.467 e. The molecule has 1 fully saturated rings. The highest BCUT2D eigenvalue weighted by molar-refractivity contribution is 5.85. The Bertz CT molecular complexity index is 1720. The maximum atomic E-state index is 12.7. The summed E-state index contributed by atoms with van der Waals surface area (Å²) >= 11 is 0. The second-order valence-corrected chi connectivity index (χ2v) is 11.4. The summed E-state index contributed by atoms with van der Waals surface area (Å²) in [7, 11) is 1.30. The number of esters is 1. The highest BCUT2D eigenvalue weighted by Crippen LogP contribution is 2.32. The molecule has 3 heterocycles. The number of nitrogens with zero attached hydrogens (tertiary/aromatic N) is 4. The first-order valence-corrected chi connectivity index (χ1v) is 15.7. The summed E-state index contributed by atoms with van der Waals surface area (Å²) < 4.78 is 12.0. The molecule has 48 heavy (non-hydrogen) atoms. The number of carbonyl (C=O) groups excluding carboxylic acids is 3. The van der Waals surface area contributed by atoms with Crippen molar-refractivity contribution in [3.05, 3.63) is 77.6 Å². The number of aryl methyl sites for hydroxylation is 1. The lowest BCUT2D eigenvalue weighted by Crippen LogP contribution is -2.43. The predicted octanol–water partition coefficient (Wildman–Crippen LogP) is 0.652. The Labute approximate surface area is 276 Å². The van der Waals surface area contributed by atoms with Gasteiger partial charge in [0.05, 0.1) is 13.4 Å². The van der Waals surface area contributed by atoms with E-state index in [4.69, 9.17) is 15.2 Å². The molecular formula is C33H40N8O7. The molecule has 2 amide bonds. The van der Waals surface area contributed by atoms with Crippen LogP contribution in [0.5, 0.6) is 0 Å². The van der Waals surface area contributed by atoms with Crippen molar-refractivity contribution < 1.29 is 34.1 Å². The molecule has 4 aromatic rings. The predicted molar refractivity (Wildman–Crippen MR) is 175 cm³/mol. The number of imidazole rings is 1. The van der Waals surface area contributed by atoms with Crippen molar-refractivity contribution in [3.8, 4) is 0 Å². The molecule has 15 heteroatoms. The van der Waals surface area contributed by atoms with Gasteiger partial charge in [0, 0.05) is 25.9 Å². The van der Waals surface area contributed by atoms with Crippen molar-refractivity contribution in [3.63, 3.8) is 0 Å². The molecule has 1 aliphatic rings. The van der Waals surface area contributed by atoms with Gasteiger partial charge < -0.3 is 41.4 Å². The molecule has 1 saturated heterocycles. The lowest BCUT2D eigenvalue weighted by atomic mass is 10.0. The van der Waals surface area contributed by atoms with Gasteiger partial charge in [-0.3, -0.25) is 14.2 Å². The van der Waals surface area contributed by atoms with Gasteiger partial charge in [0.25, 0.3) is 5.91 Å². The summed E-state index contributed by atoms with van der Waals surface area (Å²) in [6.07, 6.45) is -2.15. The molecule has 0 aliphatic carbocycles. The lowest BCUT2D eigenvalue weighted by molar-refractivity contribution is -0.145. The summed E-state index contributed by atoms with van der Waals surface area (Å²) in [5, 5.41) is 29.6. The molecule has 7 N–H and O–H groups in total. The molecule has 5 rings (SSSR count). The Morgan fingerprint density at radius 3 is 2.40 bits per heavy atom. The fraction of sp³-hybridized carbons (Fsp3) is 0.394. The van der Waals surface area contributed by atoms with Gasteiger partial charge in [-0.2, -0.15) is 9.97 Å². The standard InChI is InChI=1S/C33H40N8O7/c1-3-35-30(45)27-25(43)26(44)31(48-27)41-18-37-24-28(34)39-33(40-29(24)41)36-16-15-20-11-9-19(10-12-20)13-14-23(42)38-22(32(46)47-2)17-21-7-5-4-6-8-21/h4-12,18,22,25-27,31,43-44H,3,13-17H2,1-2H3,(H,35,45)(H,38,42)(H3,34,36,39,40)/t22-,25-,26+,27-,31+/m0/s1. The Hall–Kier alpha value is -5.12. The second kappa shape index (κ2) is 15.6. The number of likely N-dealkylation sites (N-methyl/N-ethyl adjacent to an activating group) is 1. The number of hydrogen-bond acceptors (Lipinski definition) is 12. The van der Waals surface area contributed by atoms with Gasteiger partial charge in [-0.05, 0) is 36.5 Å². The van der Waals surface area contributed by atoms with Crippen molar-refractivity contribution in [2.45, 2.75) is 63.2 Å². The van der Waals surface area contributed by atoms with E-state index < -0.39 is 42.5 Å². The number of amides is 2. The third-order valence-electron chi connectivity index (χ3n) is 8.03. The van der Waals surface area contributed by atoms with Crippen molar-refractivity contribution in [2.75, 3.05) is 31.2 Å². The van der Waals surface area contributed by atoms with Crippen LogP contribution in [0.2, 0.25) is 0 Å². The van der Waals surface area contributed by atoms with Crippen molar-refractivity contribution in [1.29, 1.82) is 0 Å². The smallest absolute Gasteiger partial charge is 0.328 e. The SMILES string of the molecule is CCNC(=O)[C@H]1O[C@@H](n2cnc3c(N)nc(NCCc4ccc(CCC(=O)N[C@@H](Cc5ccccc5)C(=O)OC)cc4)nc32)[C@H](O)[C@@H]1O. The van der Waals surface area contributed by atoms with E-state index in [1.165, 1.54) is 18.0 Å². The van der Waals surface area contributed by atoms with Crippen LogP contribution < -0.4 is 21.7 Å². The fourth-order valence-corrected chi connectivity index (χ4v) is 5.49. The third-order valence-corrected chi connectivity index (χ3v) is 8.03. The number of aliphatic hydroxyl groups excluding tert-OH is 2. The quantitative estimate of drug-likeness (QED) is 0.103. The van der Waals surface area contributed by atoms with Gasteiger partial charge in [0.15, 0.2) is 23.8 Å². The Morgan fingerprint density at radius 2 is 1.71 bits per heavy atom. The number of hydrogen-bond donors (Lipinski definition) is 6. The van der Waals surface area contributed by atoms with E-state index in [1.807, 2.05) is 54.6 Å². The number of aliphatic hydroxyl groups is 2. The molecular weight excluding hydrogens is 620 g/mol. The van der Waals surface area contributed by atoms with E-state index in [9.17, 15) is 24.6 Å². The molecule has 15 nitrogen and oxygen atoms in total. The van der Waals surface area contributed by atoms with Gasteiger partial charge in [-0.25, -0.2) is 9.78 Å². The van der Waals surface area contributed by atoms with Gasteiger partial charge in [0.1, 0.15) is 23.8 Å². The topological polar surface area (TPSA) is 216 Å². The maximum Gasteiger partial charge on any atom is 0.328 e. The summed E-state index contributed by atoms with van der Waals surface area (Å²) in [5.74, 6) is -0.915. The van der Waals surface area contributed by atoms with E-state index in [1.54, 1.807) is 6.92 Å². The van der Waals surface area contributed by atoms with Gasteiger partial charge in [-0.15, -0.1) is 0 Å². The number of aromatic nitrogens is 4. The van der Waals surface area contributed by atoms with Gasteiger partial charge in [-0.1, -0.05) is 54.6 Å². The first kappa shape index (κ1) is 34.2. The van der Waals surface area contributed by atoms with Crippen LogP contribution in [-0.4, -0.2) is 92.1 Å². The monoisotopic (exact) mass is 660 g/mol. The average molecular weight is 661 g/mol. The van der Waals surface area contributed by atoms with Crippen LogP contribution >= 0.6 is 0 Å². The molecule has 5 atom stereocenters. The third kappa shape index (κ3) is 8.05. The zero-order valence-electron chi connectivity index (χ0n) is 26.7. The summed E-state index contributed by atoms with van der Waals surface area (Å²) in [5.41, 5.74) is 9.64. The first-order valence-electron chi connectivity index (χ1n) is 15.7. The molecule has 2 aromatic carbocycles. The van der Waals surface area contributed by atoms with Gasteiger partial charge in [0.2, 0.25) is 11.9 Å². The molecule has 0 unspecified atom stereocenters. The van der Waals surface area contributed by atoms with Crippen LogP contribution in [0.4, 0.5) is 11.8 Å². The zero-order chi connectivity index (χ0) is 34.2. The van der Waals surface area contributed by atoms with Crippen LogP contribution in [0, 0.1) is 0 Å². The number of benzene rings is 2. The number of fused-ring (bicyclic) bond motifs is 1. The number of anilines is 2. The molecule has 254 valence electrons. The normalized spacial score (nSPS) is 19.5. The Balaban J connectivity index is 1.14. The van der Waals surface area contributed by atoms with Crippen LogP contribution in [0.1, 0.15) is 36.3 Å². The van der Waals surface area contributed by atoms with Crippen LogP contribution in [-0.2, 0) is 43.1 Å². The molecule has 2 aromatic heterocycles. The Kier molecular flexibility index (Phi) is 11.2. The number of nitrogens with one attached hydrogen (secondary N) is 3. The van der Waals surface area contributed by atoms with E-state index >= 15 is 0 Å². The number of nitrogens with two attached hydrogens (primary N) is 1. The second-order valence-electron chi connectivity index (χ2n) is 11.4. The molecule has 0 spiro atoms. The highest BCUT2D eigenvalue weighted by atomic mass is 16.6. The molecule has 1 aliphatic heterocycles. The minimum atomic E-state index is -1.44. The number of carbonyl (C=O) groups is 3. The van der Waals surface area contributed by atoms with E-state index in [2.05, 4.69) is 30.9 Å². The maximum absolute atomic E-state index is 12.7. The molecule has 0 radical (unpaired) electrons. The summed E-state index contributed by atoms with van der Waals surface area (Å²) in [6, 6.07) is 16.5. The van der Waals surface area contributed by atoms with Crippen LogP contribution in [0.3, 0.4) is 0 Å². The van der Waals surface area contributed by atoms with Crippen LogP contribution in [0.15, 0.2) is 60.9 Å². The summed E-state index contributed by atoms with van der Waals surface area (Å²) in [4.78, 5) is 50.2.